The molecule has 0 aliphatic carbocycles. The fourth-order valence-corrected chi connectivity index (χ4v) is 2.52. The van der Waals surface area contributed by atoms with Crippen LogP contribution in [0.1, 0.15) is 18.4 Å². The van der Waals surface area contributed by atoms with Gasteiger partial charge in [0.2, 0.25) is 5.91 Å². The Balaban J connectivity index is 1.58. The molecular weight excluding hydrogens is 316 g/mol. The van der Waals surface area contributed by atoms with E-state index in [1.165, 1.54) is 0 Å². The first-order chi connectivity index (χ1) is 11.1. The number of benzene rings is 2. The number of amides is 1. The van der Waals surface area contributed by atoms with Crippen molar-refractivity contribution >= 4 is 34.3 Å². The minimum atomic E-state index is -0.538. The molecule has 0 fully saturated rings. The van der Waals surface area contributed by atoms with Gasteiger partial charge in [-0.3, -0.25) is 9.78 Å². The van der Waals surface area contributed by atoms with E-state index in [1.807, 2.05) is 24.3 Å². The summed E-state index contributed by atoms with van der Waals surface area (Å²) in [7, 11) is 0. The van der Waals surface area contributed by atoms with Crippen LogP contribution in [0.25, 0.3) is 11.1 Å². The fraction of sp³-hybridized carbons (Fsp3) is 0.176. The number of halogens is 1. The summed E-state index contributed by atoms with van der Waals surface area (Å²) in [5.41, 5.74) is 2.62. The van der Waals surface area contributed by atoms with E-state index in [4.69, 9.17) is 16.0 Å². The second kappa shape index (κ2) is 6.71. The maximum Gasteiger partial charge on any atom is 0.417 e. The number of hydrogen-bond donors (Lipinski definition) is 2. The van der Waals surface area contributed by atoms with Crippen molar-refractivity contribution in [1.29, 1.82) is 0 Å². The number of aryl methyl sites for hydroxylation is 1. The first kappa shape index (κ1) is 15.4. The molecule has 6 heteroatoms. The van der Waals surface area contributed by atoms with Gasteiger partial charge in [-0.2, -0.15) is 0 Å². The van der Waals surface area contributed by atoms with Crippen molar-refractivity contribution in [3.8, 4) is 0 Å². The third kappa shape index (κ3) is 3.81. The van der Waals surface area contributed by atoms with Gasteiger partial charge in [0.15, 0.2) is 5.58 Å². The highest BCUT2D eigenvalue weighted by molar-refractivity contribution is 6.30. The van der Waals surface area contributed by atoms with Gasteiger partial charge in [-0.15, -0.1) is 0 Å². The summed E-state index contributed by atoms with van der Waals surface area (Å²) in [6.45, 7) is 0. The third-order valence-electron chi connectivity index (χ3n) is 3.51. The average Bonchev–Trinajstić information content (AvgIpc) is 2.91. The Morgan fingerprint density at radius 2 is 1.96 bits per heavy atom. The topological polar surface area (TPSA) is 75.1 Å². The van der Waals surface area contributed by atoms with Crippen molar-refractivity contribution in [3.63, 3.8) is 0 Å². The van der Waals surface area contributed by atoms with Crippen LogP contribution in [0, 0.1) is 0 Å². The number of fused-ring (bicyclic) bond motifs is 1. The van der Waals surface area contributed by atoms with E-state index in [1.54, 1.807) is 18.2 Å². The van der Waals surface area contributed by atoms with Gasteiger partial charge in [-0.1, -0.05) is 29.8 Å². The quantitative estimate of drug-likeness (QED) is 0.748. The molecule has 1 aromatic heterocycles. The van der Waals surface area contributed by atoms with Crippen molar-refractivity contribution in [1.82, 2.24) is 4.98 Å². The molecular formula is C17H15ClN2O3. The van der Waals surface area contributed by atoms with Gasteiger partial charge in [0.05, 0.1) is 5.69 Å². The van der Waals surface area contributed by atoms with Crippen molar-refractivity contribution in [2.24, 2.45) is 0 Å². The molecule has 1 heterocycles. The molecule has 2 N–H and O–H groups in total. The highest BCUT2D eigenvalue weighted by Gasteiger charge is 2.09. The highest BCUT2D eigenvalue weighted by Crippen LogP contribution is 2.20. The summed E-state index contributed by atoms with van der Waals surface area (Å²) in [5, 5.41) is 3.51. The van der Waals surface area contributed by atoms with Gasteiger partial charge in [0.25, 0.3) is 0 Å². The maximum atomic E-state index is 12.1. The molecule has 3 rings (SSSR count). The highest BCUT2D eigenvalue weighted by atomic mass is 35.5. The number of H-pyrrole nitrogens is 1. The summed E-state index contributed by atoms with van der Waals surface area (Å²) in [6, 6.07) is 12.7. The first-order valence-electron chi connectivity index (χ1n) is 7.28. The van der Waals surface area contributed by atoms with Crippen LogP contribution in [0.4, 0.5) is 5.69 Å². The van der Waals surface area contributed by atoms with E-state index >= 15 is 0 Å². The predicted molar refractivity (Wildman–Crippen MR) is 89.9 cm³/mol. The minimum Gasteiger partial charge on any atom is -0.408 e. The minimum absolute atomic E-state index is 0.103. The number of rotatable bonds is 5. The molecule has 0 aliphatic heterocycles. The first-order valence-corrected chi connectivity index (χ1v) is 7.66. The van der Waals surface area contributed by atoms with E-state index in [2.05, 4.69) is 10.3 Å². The molecule has 1 amide bonds. The third-order valence-corrected chi connectivity index (χ3v) is 3.76. The van der Waals surface area contributed by atoms with Crippen LogP contribution >= 0.6 is 11.6 Å². The van der Waals surface area contributed by atoms with Crippen LogP contribution in [0.15, 0.2) is 51.7 Å². The van der Waals surface area contributed by atoms with Crippen LogP contribution < -0.4 is 11.1 Å². The molecule has 0 aliphatic rings. The van der Waals surface area contributed by atoms with Gasteiger partial charge in [0, 0.05) is 11.4 Å². The van der Waals surface area contributed by atoms with E-state index in [9.17, 15) is 9.59 Å². The SMILES string of the molecule is O=C(CCCc1ccc(Cl)cc1)Nc1cccc2oc(=O)[nH]c12. The van der Waals surface area contributed by atoms with Gasteiger partial charge in [-0.25, -0.2) is 4.79 Å². The number of para-hydroxylation sites is 1. The number of nitrogens with one attached hydrogen (secondary N) is 2. The lowest BCUT2D eigenvalue weighted by molar-refractivity contribution is -0.116. The maximum absolute atomic E-state index is 12.1. The molecule has 0 spiro atoms. The normalized spacial score (nSPS) is 10.8. The Kier molecular flexibility index (Phi) is 4.48. The van der Waals surface area contributed by atoms with E-state index < -0.39 is 5.76 Å². The predicted octanol–water partition coefficient (Wildman–Crippen LogP) is 3.74. The van der Waals surface area contributed by atoms with Crippen LogP contribution in [-0.4, -0.2) is 10.9 Å². The van der Waals surface area contributed by atoms with Crippen LogP contribution in [0.2, 0.25) is 5.02 Å². The summed E-state index contributed by atoms with van der Waals surface area (Å²) < 4.78 is 4.97. The van der Waals surface area contributed by atoms with Gasteiger partial charge < -0.3 is 9.73 Å². The fourth-order valence-electron chi connectivity index (χ4n) is 2.39. The molecule has 23 heavy (non-hydrogen) atoms. The molecule has 0 unspecified atom stereocenters. The van der Waals surface area contributed by atoms with Crippen molar-refractivity contribution in [2.45, 2.75) is 19.3 Å². The molecule has 3 aromatic rings. The Hall–Kier alpha value is -2.53. The number of hydrogen-bond acceptors (Lipinski definition) is 3. The molecule has 0 atom stereocenters. The van der Waals surface area contributed by atoms with Crippen molar-refractivity contribution in [2.75, 3.05) is 5.32 Å². The number of carbonyl (C=O) groups is 1. The largest absolute Gasteiger partial charge is 0.417 e. The molecule has 0 saturated heterocycles. The number of aromatic nitrogens is 1. The summed E-state index contributed by atoms with van der Waals surface area (Å²) >= 11 is 5.84. The van der Waals surface area contributed by atoms with E-state index in [0.29, 0.717) is 28.2 Å². The summed E-state index contributed by atoms with van der Waals surface area (Å²) in [5.74, 6) is -0.641. The molecule has 2 aromatic carbocycles. The van der Waals surface area contributed by atoms with Gasteiger partial charge in [-0.05, 0) is 42.7 Å². The van der Waals surface area contributed by atoms with Gasteiger partial charge >= 0.3 is 5.76 Å². The van der Waals surface area contributed by atoms with Crippen LogP contribution in [0.5, 0.6) is 0 Å². The number of anilines is 1. The number of aromatic amines is 1. The summed E-state index contributed by atoms with van der Waals surface area (Å²) in [6.07, 6.45) is 1.92. The number of carbonyl (C=O) groups excluding carboxylic acids is 1. The van der Waals surface area contributed by atoms with Crippen molar-refractivity contribution in [3.05, 3.63) is 63.6 Å². The second-order valence-electron chi connectivity index (χ2n) is 5.22. The zero-order valence-corrected chi connectivity index (χ0v) is 13.0. The Labute approximate surface area is 137 Å². The standard InChI is InChI=1S/C17H15ClN2O3/c18-12-9-7-11(8-10-12)3-1-6-15(21)19-13-4-2-5-14-16(13)20-17(22)23-14/h2,4-5,7-10H,1,3,6H2,(H,19,21)(H,20,22). The Bertz CT molecular complexity index is 881. The Morgan fingerprint density at radius 3 is 2.74 bits per heavy atom. The van der Waals surface area contributed by atoms with E-state index in [-0.39, 0.29) is 5.91 Å². The molecule has 5 nitrogen and oxygen atoms in total. The zero-order chi connectivity index (χ0) is 16.2. The lowest BCUT2D eigenvalue weighted by Crippen LogP contribution is -2.12. The van der Waals surface area contributed by atoms with Crippen molar-refractivity contribution < 1.29 is 9.21 Å². The van der Waals surface area contributed by atoms with Gasteiger partial charge in [0.1, 0.15) is 5.52 Å². The number of oxazole rings is 1. The van der Waals surface area contributed by atoms with Crippen LogP contribution in [0.3, 0.4) is 0 Å². The molecule has 0 bridgehead atoms. The lowest BCUT2D eigenvalue weighted by atomic mass is 10.1. The average molecular weight is 331 g/mol. The monoisotopic (exact) mass is 330 g/mol. The molecule has 118 valence electrons. The van der Waals surface area contributed by atoms with E-state index in [0.717, 1.165) is 18.4 Å². The Morgan fingerprint density at radius 1 is 1.17 bits per heavy atom. The molecule has 0 radical (unpaired) electrons. The molecule has 0 saturated carbocycles. The smallest absolute Gasteiger partial charge is 0.408 e. The zero-order valence-electron chi connectivity index (χ0n) is 12.3. The lowest BCUT2D eigenvalue weighted by Gasteiger charge is -2.06. The summed E-state index contributed by atoms with van der Waals surface area (Å²) in [4.78, 5) is 25.9. The van der Waals surface area contributed by atoms with Crippen LogP contribution in [-0.2, 0) is 11.2 Å². The second-order valence-corrected chi connectivity index (χ2v) is 5.66.